The van der Waals surface area contributed by atoms with E-state index in [1.807, 2.05) is 90.7 Å². The van der Waals surface area contributed by atoms with E-state index in [1.54, 1.807) is 0 Å². The fourth-order valence-electron chi connectivity index (χ4n) is 3.79. The molecular weight excluding hydrogens is 386 g/mol. The van der Waals surface area contributed by atoms with Crippen LogP contribution in [0.25, 0.3) is 0 Å². The first-order chi connectivity index (χ1) is 15.1. The average Bonchev–Trinajstić information content (AvgIpc) is 3.22. The molecule has 1 atom stereocenters. The minimum absolute atomic E-state index is 0.102. The van der Waals surface area contributed by atoms with Gasteiger partial charge in [0.15, 0.2) is 0 Å². The largest absolute Gasteiger partial charge is 0.324 e. The zero-order chi connectivity index (χ0) is 21.6. The number of anilines is 2. The third-order valence-electron chi connectivity index (χ3n) is 5.55. The van der Waals surface area contributed by atoms with E-state index in [9.17, 15) is 9.59 Å². The van der Waals surface area contributed by atoms with Crippen molar-refractivity contribution in [1.29, 1.82) is 0 Å². The summed E-state index contributed by atoms with van der Waals surface area (Å²) in [6.45, 7) is 3.34. The van der Waals surface area contributed by atoms with E-state index in [-0.39, 0.29) is 11.8 Å². The van der Waals surface area contributed by atoms with Gasteiger partial charge in [0.1, 0.15) is 6.04 Å². The number of carbonyl (C=O) groups excluding carboxylic acids is 2. The second-order valence-corrected chi connectivity index (χ2v) is 7.90. The maximum absolute atomic E-state index is 13.1. The second-order valence-electron chi connectivity index (χ2n) is 7.90. The Bertz CT molecular complexity index is 1030. The van der Waals surface area contributed by atoms with Crippen LogP contribution in [0.5, 0.6) is 0 Å². The predicted molar refractivity (Wildman–Crippen MR) is 124 cm³/mol. The van der Waals surface area contributed by atoms with E-state index in [4.69, 9.17) is 0 Å². The lowest BCUT2D eigenvalue weighted by atomic mass is 10.1. The Morgan fingerprint density at radius 3 is 2.32 bits per heavy atom. The second kappa shape index (κ2) is 9.58. The van der Waals surface area contributed by atoms with Crippen molar-refractivity contribution in [2.45, 2.75) is 32.4 Å². The third kappa shape index (κ3) is 5.19. The summed E-state index contributed by atoms with van der Waals surface area (Å²) >= 11 is 0. The first-order valence-electron chi connectivity index (χ1n) is 10.7. The van der Waals surface area contributed by atoms with E-state index in [2.05, 4.69) is 10.6 Å². The van der Waals surface area contributed by atoms with Gasteiger partial charge in [-0.3, -0.25) is 14.9 Å². The summed E-state index contributed by atoms with van der Waals surface area (Å²) in [5.74, 6) is 0.0807. The topological polar surface area (TPSA) is 61.4 Å². The van der Waals surface area contributed by atoms with Crippen molar-refractivity contribution in [3.63, 3.8) is 0 Å². The van der Waals surface area contributed by atoms with Gasteiger partial charge in [0.05, 0.1) is 0 Å². The molecule has 3 aromatic rings. The molecule has 1 aliphatic rings. The standard InChI is InChI=1S/C26H27N3O2/c1-19-9-13-22(14-10-19)28-26(31)25(21-6-3-2-4-7-21)27-18-20-11-15-23(16-12-20)29-17-5-8-24(29)30/h2-4,6-7,9-16,25,27H,5,8,17-18H2,1H3,(H,28,31)/t25-/m1/s1. The molecule has 31 heavy (non-hydrogen) atoms. The van der Waals surface area contributed by atoms with Gasteiger partial charge in [-0.25, -0.2) is 0 Å². The minimum atomic E-state index is -0.484. The summed E-state index contributed by atoms with van der Waals surface area (Å²) in [6.07, 6.45) is 1.54. The van der Waals surface area contributed by atoms with Gasteiger partial charge in [-0.15, -0.1) is 0 Å². The Kier molecular flexibility index (Phi) is 6.43. The lowest BCUT2D eigenvalue weighted by molar-refractivity contribution is -0.118. The van der Waals surface area contributed by atoms with Crippen molar-refractivity contribution in [3.8, 4) is 0 Å². The highest BCUT2D eigenvalue weighted by Crippen LogP contribution is 2.22. The molecule has 0 aromatic heterocycles. The van der Waals surface area contributed by atoms with Gasteiger partial charge in [-0.2, -0.15) is 0 Å². The number of nitrogens with zero attached hydrogens (tertiary/aromatic N) is 1. The molecule has 0 spiro atoms. The smallest absolute Gasteiger partial charge is 0.246 e. The molecule has 4 rings (SSSR count). The van der Waals surface area contributed by atoms with Crippen LogP contribution in [0.15, 0.2) is 78.9 Å². The maximum atomic E-state index is 13.1. The van der Waals surface area contributed by atoms with Gasteiger partial charge in [0, 0.05) is 30.9 Å². The van der Waals surface area contributed by atoms with Crippen molar-refractivity contribution in [2.24, 2.45) is 0 Å². The van der Waals surface area contributed by atoms with E-state index in [0.29, 0.717) is 13.0 Å². The molecule has 5 nitrogen and oxygen atoms in total. The van der Waals surface area contributed by atoms with Gasteiger partial charge < -0.3 is 10.2 Å². The number of benzene rings is 3. The molecule has 2 N–H and O–H groups in total. The van der Waals surface area contributed by atoms with Crippen LogP contribution >= 0.6 is 0 Å². The molecule has 1 saturated heterocycles. The van der Waals surface area contributed by atoms with Gasteiger partial charge >= 0.3 is 0 Å². The van der Waals surface area contributed by atoms with Crippen molar-refractivity contribution < 1.29 is 9.59 Å². The quantitative estimate of drug-likeness (QED) is 0.595. The summed E-state index contributed by atoms with van der Waals surface area (Å²) in [5, 5.41) is 6.40. The fraction of sp³-hybridized carbons (Fsp3) is 0.231. The van der Waals surface area contributed by atoms with Crippen LogP contribution in [0.1, 0.15) is 35.6 Å². The Morgan fingerprint density at radius 2 is 1.68 bits per heavy atom. The Morgan fingerprint density at radius 1 is 0.968 bits per heavy atom. The van der Waals surface area contributed by atoms with Crippen LogP contribution in [0, 0.1) is 6.92 Å². The highest BCUT2D eigenvalue weighted by Gasteiger charge is 2.22. The van der Waals surface area contributed by atoms with Crippen molar-refractivity contribution in [1.82, 2.24) is 5.32 Å². The maximum Gasteiger partial charge on any atom is 0.246 e. The highest BCUT2D eigenvalue weighted by molar-refractivity contribution is 5.96. The van der Waals surface area contributed by atoms with E-state index < -0.39 is 6.04 Å². The highest BCUT2D eigenvalue weighted by atomic mass is 16.2. The zero-order valence-electron chi connectivity index (χ0n) is 17.7. The molecule has 0 aliphatic carbocycles. The number of carbonyl (C=O) groups is 2. The molecule has 1 fully saturated rings. The van der Waals surface area contributed by atoms with Crippen LogP contribution in [0.4, 0.5) is 11.4 Å². The van der Waals surface area contributed by atoms with Crippen molar-refractivity contribution in [2.75, 3.05) is 16.8 Å². The summed E-state index contributed by atoms with van der Waals surface area (Å²) in [7, 11) is 0. The SMILES string of the molecule is Cc1ccc(NC(=O)[C@H](NCc2ccc(N3CCCC3=O)cc2)c2ccccc2)cc1. The molecule has 0 saturated carbocycles. The number of hydrogen-bond acceptors (Lipinski definition) is 3. The summed E-state index contributed by atoms with van der Waals surface area (Å²) in [5.41, 5.74) is 4.82. The van der Waals surface area contributed by atoms with Crippen LogP contribution in [0.3, 0.4) is 0 Å². The third-order valence-corrected chi connectivity index (χ3v) is 5.55. The van der Waals surface area contributed by atoms with Crippen molar-refractivity contribution in [3.05, 3.63) is 95.6 Å². The monoisotopic (exact) mass is 413 g/mol. The van der Waals surface area contributed by atoms with Gasteiger partial charge in [-0.05, 0) is 48.7 Å². The van der Waals surface area contributed by atoms with E-state index >= 15 is 0 Å². The molecule has 1 heterocycles. The molecule has 5 heteroatoms. The summed E-state index contributed by atoms with van der Waals surface area (Å²) in [6, 6.07) is 25.0. The molecule has 0 unspecified atom stereocenters. The first kappa shape index (κ1) is 20.8. The van der Waals surface area contributed by atoms with Crippen LogP contribution in [-0.2, 0) is 16.1 Å². The minimum Gasteiger partial charge on any atom is -0.324 e. The van der Waals surface area contributed by atoms with Crippen molar-refractivity contribution >= 4 is 23.2 Å². The number of amides is 2. The molecule has 0 bridgehead atoms. The molecule has 158 valence electrons. The number of rotatable bonds is 7. The Balaban J connectivity index is 1.45. The lowest BCUT2D eigenvalue weighted by Gasteiger charge is -2.20. The zero-order valence-corrected chi connectivity index (χ0v) is 17.7. The average molecular weight is 414 g/mol. The molecule has 0 radical (unpaired) electrons. The molecular formula is C26H27N3O2. The molecule has 2 amide bonds. The normalized spacial score (nSPS) is 14.5. The van der Waals surface area contributed by atoms with Gasteiger partial charge in [0.25, 0.3) is 0 Å². The summed E-state index contributed by atoms with van der Waals surface area (Å²) in [4.78, 5) is 26.8. The molecule has 1 aliphatic heterocycles. The fourth-order valence-corrected chi connectivity index (χ4v) is 3.79. The molecule has 3 aromatic carbocycles. The van der Waals surface area contributed by atoms with Gasteiger partial charge in [-0.1, -0.05) is 60.2 Å². The van der Waals surface area contributed by atoms with Gasteiger partial charge in [0.2, 0.25) is 11.8 Å². The Labute approximate surface area is 183 Å². The number of hydrogen-bond donors (Lipinski definition) is 2. The van der Waals surface area contributed by atoms with Crippen LogP contribution in [-0.4, -0.2) is 18.4 Å². The number of nitrogens with one attached hydrogen (secondary N) is 2. The summed E-state index contributed by atoms with van der Waals surface area (Å²) < 4.78 is 0. The van der Waals surface area contributed by atoms with E-state index in [0.717, 1.165) is 41.0 Å². The number of aryl methyl sites for hydroxylation is 1. The van der Waals surface area contributed by atoms with Crippen LogP contribution < -0.4 is 15.5 Å². The van der Waals surface area contributed by atoms with E-state index in [1.165, 1.54) is 0 Å². The predicted octanol–water partition coefficient (Wildman–Crippen LogP) is 4.59. The lowest BCUT2D eigenvalue weighted by Crippen LogP contribution is -2.32. The first-order valence-corrected chi connectivity index (χ1v) is 10.7. The van der Waals surface area contributed by atoms with Crippen LogP contribution in [0.2, 0.25) is 0 Å². The Hall–Kier alpha value is -3.44.